The Bertz CT molecular complexity index is 508. The van der Waals surface area contributed by atoms with E-state index in [0.29, 0.717) is 5.16 Å². The van der Waals surface area contributed by atoms with E-state index < -0.39 is 17.4 Å². The average molecular weight is 314 g/mol. The Morgan fingerprint density at radius 2 is 2.05 bits per heavy atom. The molecule has 1 atom stereocenters. The molecule has 0 aliphatic rings. The van der Waals surface area contributed by atoms with E-state index in [-0.39, 0.29) is 17.7 Å². The zero-order valence-corrected chi connectivity index (χ0v) is 13.8. The molecule has 0 spiro atoms. The molecule has 7 nitrogen and oxygen atoms in total. The van der Waals surface area contributed by atoms with Gasteiger partial charge in [-0.3, -0.25) is 4.79 Å². The summed E-state index contributed by atoms with van der Waals surface area (Å²) in [4.78, 5) is 23.1. The fraction of sp³-hybridized carbons (Fsp3) is 0.692. The molecule has 0 aliphatic heterocycles. The van der Waals surface area contributed by atoms with Crippen molar-refractivity contribution in [3.63, 3.8) is 0 Å². The van der Waals surface area contributed by atoms with Gasteiger partial charge in [-0.05, 0) is 19.3 Å². The Hall–Kier alpha value is -1.57. The molecule has 1 amide bonds. The Morgan fingerprint density at radius 1 is 1.43 bits per heavy atom. The molecule has 0 aromatic carbocycles. The van der Waals surface area contributed by atoms with Gasteiger partial charge in [0.05, 0.1) is 5.75 Å². The van der Waals surface area contributed by atoms with Gasteiger partial charge < -0.3 is 15.0 Å². The van der Waals surface area contributed by atoms with Crippen LogP contribution in [0.3, 0.4) is 0 Å². The molecule has 1 rings (SSSR count). The first-order valence-corrected chi connectivity index (χ1v) is 7.66. The SMILES string of the molecule is CC(C)n1cnnc1SCC(=O)N[C@H](C(=O)O)C(C)(C)C. The molecule has 0 saturated carbocycles. The first-order valence-electron chi connectivity index (χ1n) is 6.67. The van der Waals surface area contributed by atoms with E-state index in [1.165, 1.54) is 11.8 Å². The summed E-state index contributed by atoms with van der Waals surface area (Å²) in [5, 5.41) is 20.1. The third-order valence-electron chi connectivity index (χ3n) is 2.85. The quantitative estimate of drug-likeness (QED) is 0.774. The smallest absolute Gasteiger partial charge is 0.326 e. The fourth-order valence-electron chi connectivity index (χ4n) is 1.67. The molecular weight excluding hydrogens is 292 g/mol. The standard InChI is InChI=1S/C13H22N4O3S/c1-8(2)17-7-14-16-12(17)21-6-9(18)15-10(11(19)20)13(3,4)5/h7-8,10H,6H2,1-5H3,(H,15,18)(H,19,20)/t10-/m1/s1. The Balaban J connectivity index is 2.61. The van der Waals surface area contributed by atoms with Crippen LogP contribution in [0.4, 0.5) is 0 Å². The van der Waals surface area contributed by atoms with Gasteiger partial charge in [0.1, 0.15) is 12.4 Å². The molecule has 21 heavy (non-hydrogen) atoms. The van der Waals surface area contributed by atoms with Gasteiger partial charge in [0.25, 0.3) is 0 Å². The van der Waals surface area contributed by atoms with Crippen LogP contribution in [0.15, 0.2) is 11.5 Å². The van der Waals surface area contributed by atoms with Crippen LogP contribution in [-0.2, 0) is 9.59 Å². The highest BCUT2D eigenvalue weighted by molar-refractivity contribution is 7.99. The molecule has 1 aromatic heterocycles. The number of nitrogens with one attached hydrogen (secondary N) is 1. The predicted molar refractivity (Wildman–Crippen MR) is 80.2 cm³/mol. The van der Waals surface area contributed by atoms with E-state index in [0.717, 1.165) is 0 Å². The zero-order valence-electron chi connectivity index (χ0n) is 13.0. The Kier molecular flexibility index (Phi) is 5.77. The van der Waals surface area contributed by atoms with Crippen LogP contribution in [0.25, 0.3) is 0 Å². The largest absolute Gasteiger partial charge is 0.480 e. The van der Waals surface area contributed by atoms with Gasteiger partial charge in [0, 0.05) is 6.04 Å². The number of carboxylic acid groups (broad SMARTS) is 1. The molecule has 0 radical (unpaired) electrons. The highest BCUT2D eigenvalue weighted by Crippen LogP contribution is 2.21. The number of carboxylic acids is 1. The maximum Gasteiger partial charge on any atom is 0.326 e. The normalized spacial score (nSPS) is 13.2. The first-order chi connectivity index (χ1) is 9.62. The lowest BCUT2D eigenvalue weighted by atomic mass is 9.87. The lowest BCUT2D eigenvalue weighted by Gasteiger charge is -2.27. The summed E-state index contributed by atoms with van der Waals surface area (Å²) in [5.41, 5.74) is -0.551. The van der Waals surface area contributed by atoms with Crippen LogP contribution in [0.2, 0.25) is 0 Å². The number of rotatable bonds is 6. The molecule has 0 fully saturated rings. The summed E-state index contributed by atoms with van der Waals surface area (Å²) >= 11 is 1.24. The summed E-state index contributed by atoms with van der Waals surface area (Å²) < 4.78 is 1.86. The summed E-state index contributed by atoms with van der Waals surface area (Å²) in [6.45, 7) is 9.30. The molecule has 1 heterocycles. The second-order valence-electron chi connectivity index (χ2n) is 6.11. The van der Waals surface area contributed by atoms with Gasteiger partial charge in [0.2, 0.25) is 5.91 Å². The summed E-state index contributed by atoms with van der Waals surface area (Å²) in [6.07, 6.45) is 1.61. The predicted octanol–water partition coefficient (Wildman–Crippen LogP) is 1.57. The van der Waals surface area contributed by atoms with Gasteiger partial charge in [0.15, 0.2) is 5.16 Å². The maximum atomic E-state index is 11.9. The van der Waals surface area contributed by atoms with E-state index in [1.807, 2.05) is 18.4 Å². The van der Waals surface area contributed by atoms with Crippen molar-refractivity contribution in [3.05, 3.63) is 6.33 Å². The number of thioether (sulfide) groups is 1. The van der Waals surface area contributed by atoms with Crippen molar-refractivity contribution in [2.45, 2.75) is 51.9 Å². The second kappa shape index (κ2) is 6.93. The third-order valence-corrected chi connectivity index (χ3v) is 3.80. The zero-order chi connectivity index (χ0) is 16.2. The highest BCUT2D eigenvalue weighted by Gasteiger charge is 2.32. The minimum Gasteiger partial charge on any atom is -0.480 e. The topological polar surface area (TPSA) is 97.1 Å². The summed E-state index contributed by atoms with van der Waals surface area (Å²) in [5.74, 6) is -1.27. The molecule has 1 aromatic rings. The lowest BCUT2D eigenvalue weighted by Crippen LogP contribution is -2.49. The average Bonchev–Trinajstić information content (AvgIpc) is 2.80. The van der Waals surface area contributed by atoms with Crippen molar-refractivity contribution in [1.29, 1.82) is 0 Å². The van der Waals surface area contributed by atoms with Crippen LogP contribution in [0.5, 0.6) is 0 Å². The van der Waals surface area contributed by atoms with E-state index >= 15 is 0 Å². The second-order valence-corrected chi connectivity index (χ2v) is 7.05. The van der Waals surface area contributed by atoms with Crippen molar-refractivity contribution in [2.24, 2.45) is 5.41 Å². The van der Waals surface area contributed by atoms with Crippen LogP contribution >= 0.6 is 11.8 Å². The van der Waals surface area contributed by atoms with Crippen molar-refractivity contribution >= 4 is 23.6 Å². The van der Waals surface area contributed by atoms with Gasteiger partial charge in [-0.1, -0.05) is 32.5 Å². The summed E-state index contributed by atoms with van der Waals surface area (Å²) in [6, 6.07) is -0.722. The van der Waals surface area contributed by atoms with Crippen LogP contribution in [0, 0.1) is 5.41 Å². The molecule has 2 N–H and O–H groups in total. The molecule has 0 unspecified atom stereocenters. The molecule has 118 valence electrons. The number of carbonyl (C=O) groups is 2. The minimum atomic E-state index is -1.04. The third kappa shape index (κ3) is 5.04. The Morgan fingerprint density at radius 3 is 2.52 bits per heavy atom. The number of nitrogens with zero attached hydrogens (tertiary/aromatic N) is 3. The molecule has 8 heteroatoms. The van der Waals surface area contributed by atoms with Crippen molar-refractivity contribution in [1.82, 2.24) is 20.1 Å². The first kappa shape index (κ1) is 17.5. The van der Waals surface area contributed by atoms with Gasteiger partial charge in [-0.25, -0.2) is 4.79 Å². The fourth-order valence-corrected chi connectivity index (χ4v) is 2.53. The molecule has 0 aliphatic carbocycles. The van der Waals surface area contributed by atoms with Gasteiger partial charge in [-0.15, -0.1) is 10.2 Å². The monoisotopic (exact) mass is 314 g/mol. The minimum absolute atomic E-state index is 0.102. The maximum absolute atomic E-state index is 11.9. The van der Waals surface area contributed by atoms with Crippen molar-refractivity contribution in [2.75, 3.05) is 5.75 Å². The van der Waals surface area contributed by atoms with Gasteiger partial charge in [-0.2, -0.15) is 0 Å². The number of aromatic nitrogens is 3. The van der Waals surface area contributed by atoms with Crippen molar-refractivity contribution < 1.29 is 14.7 Å². The van der Waals surface area contributed by atoms with E-state index in [4.69, 9.17) is 0 Å². The molecule has 0 saturated heterocycles. The lowest BCUT2D eigenvalue weighted by molar-refractivity contribution is -0.144. The van der Waals surface area contributed by atoms with Gasteiger partial charge >= 0.3 is 5.97 Å². The number of hydrogen-bond donors (Lipinski definition) is 2. The van der Waals surface area contributed by atoms with E-state index in [2.05, 4.69) is 15.5 Å². The highest BCUT2D eigenvalue weighted by atomic mass is 32.2. The number of amides is 1. The Labute approximate surface area is 128 Å². The van der Waals surface area contributed by atoms with Crippen LogP contribution in [0.1, 0.15) is 40.7 Å². The molecular formula is C13H22N4O3S. The summed E-state index contributed by atoms with van der Waals surface area (Å²) in [7, 11) is 0. The molecule has 0 bridgehead atoms. The van der Waals surface area contributed by atoms with Crippen molar-refractivity contribution in [3.8, 4) is 0 Å². The number of hydrogen-bond acceptors (Lipinski definition) is 5. The van der Waals surface area contributed by atoms with E-state index in [1.54, 1.807) is 27.1 Å². The number of aliphatic carboxylic acids is 1. The van der Waals surface area contributed by atoms with Crippen LogP contribution in [-0.4, -0.2) is 43.5 Å². The number of carbonyl (C=O) groups excluding carboxylic acids is 1. The van der Waals surface area contributed by atoms with E-state index in [9.17, 15) is 14.7 Å². The van der Waals surface area contributed by atoms with Crippen LogP contribution < -0.4 is 5.32 Å².